The van der Waals surface area contributed by atoms with Crippen molar-refractivity contribution in [3.63, 3.8) is 0 Å². The Hall–Kier alpha value is -0.820. The van der Waals surface area contributed by atoms with Gasteiger partial charge in [0.05, 0.1) is 0 Å². The first-order valence-electron chi connectivity index (χ1n) is 10.7. The van der Waals surface area contributed by atoms with E-state index in [9.17, 15) is 0 Å². The minimum atomic E-state index is 0.389. The van der Waals surface area contributed by atoms with Crippen molar-refractivity contribution >= 4 is 0 Å². The summed E-state index contributed by atoms with van der Waals surface area (Å²) in [5.74, 6) is 0.913. The molecule has 1 saturated carbocycles. The maximum Gasteiger partial charge on any atom is 0.0244 e. The lowest BCUT2D eigenvalue weighted by Crippen LogP contribution is -2.48. The van der Waals surface area contributed by atoms with Crippen LogP contribution in [0.15, 0.2) is 24.3 Å². The standard InChI is InChI=1S/C17H27N.C3H8.2C2H6/c1-14-8-10-17(11-9-14,18(3)4)13-16-7-5-6-15(2)12-16;1-3-2;2*1-2/h5-7,12,14H,8-11,13H2,1-4H3;3H2,1-2H3;2*1-2H3. The summed E-state index contributed by atoms with van der Waals surface area (Å²) in [4.78, 5) is 2.47. The predicted molar refractivity (Wildman–Crippen MR) is 118 cm³/mol. The van der Waals surface area contributed by atoms with Crippen molar-refractivity contribution in [3.05, 3.63) is 35.4 Å². The van der Waals surface area contributed by atoms with Crippen molar-refractivity contribution in [1.29, 1.82) is 0 Å². The van der Waals surface area contributed by atoms with Crippen LogP contribution in [-0.4, -0.2) is 24.5 Å². The highest BCUT2D eigenvalue weighted by Gasteiger charge is 2.36. The molecule has 1 heteroatoms. The fraction of sp³-hybridized carbons (Fsp3) is 0.750. The second kappa shape index (κ2) is 15.4. The number of hydrogen-bond donors (Lipinski definition) is 0. The fourth-order valence-corrected chi connectivity index (χ4v) is 3.28. The molecule has 0 aromatic heterocycles. The van der Waals surface area contributed by atoms with Gasteiger partial charge in [0.15, 0.2) is 0 Å². The monoisotopic (exact) mass is 349 g/mol. The molecule has 1 fully saturated rings. The molecule has 0 heterocycles. The maximum absolute atomic E-state index is 2.47. The van der Waals surface area contributed by atoms with Crippen molar-refractivity contribution in [2.75, 3.05) is 14.1 Å². The van der Waals surface area contributed by atoms with Crippen LogP contribution in [-0.2, 0) is 6.42 Å². The van der Waals surface area contributed by atoms with Crippen LogP contribution in [0.2, 0.25) is 0 Å². The van der Waals surface area contributed by atoms with Crippen molar-refractivity contribution in [2.24, 2.45) is 5.92 Å². The molecule has 2 rings (SSSR count). The summed E-state index contributed by atoms with van der Waals surface area (Å²) in [6.45, 7) is 16.8. The van der Waals surface area contributed by atoms with Gasteiger partial charge in [-0.15, -0.1) is 0 Å². The van der Waals surface area contributed by atoms with E-state index in [4.69, 9.17) is 0 Å². The molecule has 0 unspecified atom stereocenters. The normalized spacial score (nSPS) is 21.8. The van der Waals surface area contributed by atoms with Gasteiger partial charge >= 0.3 is 0 Å². The molecule has 1 aliphatic carbocycles. The summed E-state index contributed by atoms with van der Waals surface area (Å²) in [5.41, 5.74) is 3.27. The number of hydrogen-bond acceptors (Lipinski definition) is 1. The summed E-state index contributed by atoms with van der Waals surface area (Å²) in [7, 11) is 4.51. The SMILES string of the molecule is CC.CC.CCC.Cc1cccc(CC2(N(C)C)CCC(C)CC2)c1. The third kappa shape index (κ3) is 10.0. The van der Waals surface area contributed by atoms with E-state index >= 15 is 0 Å². The number of rotatable bonds is 3. The Morgan fingerprint density at radius 1 is 1.00 bits per heavy atom. The summed E-state index contributed by atoms with van der Waals surface area (Å²) in [5, 5.41) is 0. The van der Waals surface area contributed by atoms with Crippen LogP contribution in [0.5, 0.6) is 0 Å². The van der Waals surface area contributed by atoms with Gasteiger partial charge in [-0.1, -0.05) is 84.7 Å². The number of likely N-dealkylation sites (N-methyl/N-ethyl adjacent to an activating group) is 1. The molecule has 0 radical (unpaired) electrons. The Morgan fingerprint density at radius 2 is 1.48 bits per heavy atom. The average Bonchev–Trinajstić information content (AvgIpc) is 2.61. The molecule has 1 nitrogen and oxygen atoms in total. The quantitative estimate of drug-likeness (QED) is 0.545. The molecule has 1 aromatic carbocycles. The van der Waals surface area contributed by atoms with Gasteiger partial charge in [-0.05, 0) is 64.6 Å². The summed E-state index contributed by atoms with van der Waals surface area (Å²) < 4.78 is 0. The second-order valence-corrected chi connectivity index (χ2v) is 7.17. The van der Waals surface area contributed by atoms with Gasteiger partial charge in [0, 0.05) is 5.54 Å². The van der Waals surface area contributed by atoms with E-state index in [1.54, 1.807) is 0 Å². The zero-order valence-corrected chi connectivity index (χ0v) is 19.1. The minimum absolute atomic E-state index is 0.389. The largest absolute Gasteiger partial charge is 0.303 e. The lowest BCUT2D eigenvalue weighted by molar-refractivity contribution is 0.0830. The molecule has 0 spiro atoms. The Morgan fingerprint density at radius 3 is 1.88 bits per heavy atom. The molecule has 0 N–H and O–H groups in total. The molecule has 0 saturated heterocycles. The first-order chi connectivity index (χ1) is 11.9. The number of nitrogens with zero attached hydrogens (tertiary/aromatic N) is 1. The van der Waals surface area contributed by atoms with Crippen LogP contribution in [0.4, 0.5) is 0 Å². The molecule has 0 amide bonds. The number of benzene rings is 1. The van der Waals surface area contributed by atoms with Crippen LogP contribution in [0.25, 0.3) is 0 Å². The van der Waals surface area contributed by atoms with Crippen molar-refractivity contribution in [3.8, 4) is 0 Å². The van der Waals surface area contributed by atoms with Gasteiger partial charge in [0.1, 0.15) is 0 Å². The van der Waals surface area contributed by atoms with Gasteiger partial charge < -0.3 is 4.90 Å². The molecule has 25 heavy (non-hydrogen) atoms. The van der Waals surface area contributed by atoms with E-state index in [0.717, 1.165) is 5.92 Å². The summed E-state index contributed by atoms with van der Waals surface area (Å²) in [6, 6.07) is 9.02. The lowest BCUT2D eigenvalue weighted by Gasteiger charge is -2.45. The first kappa shape index (κ1) is 26.4. The average molecular weight is 350 g/mol. The smallest absolute Gasteiger partial charge is 0.0244 e. The van der Waals surface area contributed by atoms with Gasteiger partial charge in [0.2, 0.25) is 0 Å². The Kier molecular flexibility index (Phi) is 16.3. The molecule has 1 aromatic rings. The van der Waals surface area contributed by atoms with Crippen LogP contribution in [0.1, 0.15) is 91.7 Å². The number of aryl methyl sites for hydroxylation is 1. The van der Waals surface area contributed by atoms with Crippen LogP contribution >= 0.6 is 0 Å². The van der Waals surface area contributed by atoms with Crippen LogP contribution < -0.4 is 0 Å². The van der Waals surface area contributed by atoms with E-state index in [1.807, 2.05) is 27.7 Å². The Labute approximate surface area is 160 Å². The molecule has 0 atom stereocenters. The lowest BCUT2D eigenvalue weighted by atomic mass is 9.73. The van der Waals surface area contributed by atoms with E-state index in [0.29, 0.717) is 5.54 Å². The van der Waals surface area contributed by atoms with Crippen molar-refractivity contribution < 1.29 is 0 Å². The molecular formula is C24H47N. The van der Waals surface area contributed by atoms with Crippen molar-refractivity contribution in [1.82, 2.24) is 4.90 Å². The van der Waals surface area contributed by atoms with E-state index in [2.05, 4.69) is 71.0 Å². The highest BCUT2D eigenvalue weighted by Crippen LogP contribution is 2.37. The zero-order valence-electron chi connectivity index (χ0n) is 19.1. The van der Waals surface area contributed by atoms with Crippen LogP contribution in [0, 0.1) is 12.8 Å². The van der Waals surface area contributed by atoms with Gasteiger partial charge in [-0.2, -0.15) is 0 Å². The molecule has 0 aliphatic heterocycles. The zero-order chi connectivity index (χ0) is 19.9. The topological polar surface area (TPSA) is 3.24 Å². The van der Waals surface area contributed by atoms with Gasteiger partial charge in [0.25, 0.3) is 0 Å². The minimum Gasteiger partial charge on any atom is -0.303 e. The molecule has 148 valence electrons. The Balaban J connectivity index is 0. The highest BCUT2D eigenvalue weighted by atomic mass is 15.1. The maximum atomic E-state index is 2.47. The Bertz CT molecular complexity index is 400. The van der Waals surface area contributed by atoms with E-state index in [-0.39, 0.29) is 0 Å². The molecular weight excluding hydrogens is 302 g/mol. The summed E-state index contributed by atoms with van der Waals surface area (Å²) >= 11 is 0. The van der Waals surface area contributed by atoms with Gasteiger partial charge in [-0.25, -0.2) is 0 Å². The highest BCUT2D eigenvalue weighted by molar-refractivity contribution is 5.24. The molecule has 0 bridgehead atoms. The van der Waals surface area contributed by atoms with Crippen molar-refractivity contribution in [2.45, 2.75) is 99.5 Å². The summed E-state index contributed by atoms with van der Waals surface area (Å²) in [6.07, 6.45) is 7.90. The first-order valence-corrected chi connectivity index (χ1v) is 10.7. The van der Waals surface area contributed by atoms with Crippen LogP contribution in [0.3, 0.4) is 0 Å². The molecule has 1 aliphatic rings. The second-order valence-electron chi connectivity index (χ2n) is 7.17. The van der Waals surface area contributed by atoms with E-state index in [1.165, 1.54) is 49.7 Å². The third-order valence-electron chi connectivity index (χ3n) is 4.77. The fourth-order valence-electron chi connectivity index (χ4n) is 3.28. The predicted octanol–water partition coefficient (Wildman–Crippen LogP) is 7.52. The van der Waals surface area contributed by atoms with E-state index < -0.39 is 0 Å². The van der Waals surface area contributed by atoms with Gasteiger partial charge in [-0.3, -0.25) is 0 Å². The third-order valence-corrected chi connectivity index (χ3v) is 4.77.